The highest BCUT2D eigenvalue weighted by Crippen LogP contribution is 2.25. The molecular weight excluding hydrogens is 276 g/mol. The molecule has 0 spiro atoms. The summed E-state index contributed by atoms with van der Waals surface area (Å²) in [5.74, 6) is 0.855. The van der Waals surface area contributed by atoms with E-state index in [2.05, 4.69) is 46.9 Å². The first-order chi connectivity index (χ1) is 10.3. The molecule has 1 aliphatic rings. The molecule has 112 valence electrons. The molecule has 1 fully saturated rings. The van der Waals surface area contributed by atoms with Crippen molar-refractivity contribution in [3.63, 3.8) is 0 Å². The number of benzene rings is 1. The van der Waals surface area contributed by atoms with E-state index in [0.29, 0.717) is 0 Å². The number of hydrogen-bond donors (Lipinski definition) is 1. The maximum Gasteiger partial charge on any atom is 0.0901 e. The van der Waals surface area contributed by atoms with Gasteiger partial charge in [-0.15, -0.1) is 11.3 Å². The first kappa shape index (κ1) is 14.6. The Balaban J connectivity index is 1.56. The minimum absolute atomic E-state index is 0.855. The van der Waals surface area contributed by atoms with Crippen LogP contribution in [0.25, 0.3) is 11.3 Å². The zero-order valence-electron chi connectivity index (χ0n) is 12.8. The molecule has 0 aliphatic heterocycles. The smallest absolute Gasteiger partial charge is 0.0901 e. The van der Waals surface area contributed by atoms with Gasteiger partial charge >= 0.3 is 0 Å². The monoisotopic (exact) mass is 300 g/mol. The van der Waals surface area contributed by atoms with Crippen LogP contribution in [-0.4, -0.2) is 11.5 Å². The number of thiazole rings is 1. The first-order valence-electron chi connectivity index (χ1n) is 8.08. The summed E-state index contributed by atoms with van der Waals surface area (Å²) < 4.78 is 0. The fraction of sp³-hybridized carbons (Fsp3) is 0.500. The lowest BCUT2D eigenvalue weighted by molar-refractivity contribution is 0.483. The molecule has 0 amide bonds. The van der Waals surface area contributed by atoms with Gasteiger partial charge in [0.25, 0.3) is 0 Å². The molecule has 0 saturated heterocycles. The Hall–Kier alpha value is -1.35. The predicted molar refractivity (Wildman–Crippen MR) is 92.0 cm³/mol. The van der Waals surface area contributed by atoms with Crippen molar-refractivity contribution in [2.45, 2.75) is 45.4 Å². The van der Waals surface area contributed by atoms with E-state index in [1.54, 1.807) is 11.3 Å². The van der Waals surface area contributed by atoms with Gasteiger partial charge in [0, 0.05) is 23.2 Å². The summed E-state index contributed by atoms with van der Waals surface area (Å²) in [6, 6.07) is 8.70. The second-order valence-electron chi connectivity index (χ2n) is 6.07. The molecule has 1 N–H and O–H groups in total. The maximum atomic E-state index is 4.54. The van der Waals surface area contributed by atoms with Crippen molar-refractivity contribution in [3.8, 4) is 11.3 Å². The Morgan fingerprint density at radius 1 is 1.10 bits per heavy atom. The topological polar surface area (TPSA) is 24.9 Å². The van der Waals surface area contributed by atoms with E-state index >= 15 is 0 Å². The number of rotatable bonds is 4. The van der Waals surface area contributed by atoms with Crippen molar-refractivity contribution in [1.29, 1.82) is 0 Å². The van der Waals surface area contributed by atoms with E-state index in [1.165, 1.54) is 49.8 Å². The van der Waals surface area contributed by atoms with Crippen molar-refractivity contribution < 1.29 is 0 Å². The third-order valence-corrected chi connectivity index (χ3v) is 5.14. The van der Waals surface area contributed by atoms with Crippen molar-refractivity contribution in [2.75, 3.05) is 11.9 Å². The van der Waals surface area contributed by atoms with E-state index in [4.69, 9.17) is 0 Å². The lowest BCUT2D eigenvalue weighted by atomic mass is 10.0. The van der Waals surface area contributed by atoms with Gasteiger partial charge in [-0.3, -0.25) is 0 Å². The molecule has 0 radical (unpaired) electrons. The standard InChI is InChI=1S/C18H24N2S/c1-14-20-18(13-21-14)16-8-10-17(11-9-16)19-12-15-6-4-2-3-5-7-15/h8-11,13,15,19H,2-7,12H2,1H3. The first-order valence-corrected chi connectivity index (χ1v) is 8.96. The lowest BCUT2D eigenvalue weighted by Gasteiger charge is -2.15. The number of aromatic nitrogens is 1. The molecule has 3 heteroatoms. The zero-order chi connectivity index (χ0) is 14.5. The average Bonchev–Trinajstić information content (AvgIpc) is 2.78. The quantitative estimate of drug-likeness (QED) is 0.754. The fourth-order valence-electron chi connectivity index (χ4n) is 3.09. The molecule has 1 heterocycles. The lowest BCUT2D eigenvalue weighted by Crippen LogP contribution is -2.13. The molecule has 1 saturated carbocycles. The Bertz CT molecular complexity index is 551. The minimum atomic E-state index is 0.855. The average molecular weight is 300 g/mol. The molecule has 1 aliphatic carbocycles. The normalized spacial score (nSPS) is 16.6. The molecular formula is C18H24N2S. The fourth-order valence-corrected chi connectivity index (χ4v) is 3.71. The number of anilines is 1. The summed E-state index contributed by atoms with van der Waals surface area (Å²) in [5.41, 5.74) is 3.53. The molecule has 0 bridgehead atoms. The molecule has 3 rings (SSSR count). The Kier molecular flexibility index (Phi) is 4.91. The highest BCUT2D eigenvalue weighted by molar-refractivity contribution is 7.09. The van der Waals surface area contributed by atoms with Crippen molar-refractivity contribution in [2.24, 2.45) is 5.92 Å². The van der Waals surface area contributed by atoms with Crippen LogP contribution in [0.15, 0.2) is 29.6 Å². The Morgan fingerprint density at radius 2 is 1.81 bits per heavy atom. The zero-order valence-corrected chi connectivity index (χ0v) is 13.6. The predicted octanol–water partition coefficient (Wildman–Crippen LogP) is 5.50. The minimum Gasteiger partial charge on any atom is -0.385 e. The third kappa shape index (κ3) is 4.07. The van der Waals surface area contributed by atoms with Crippen LogP contribution in [0.4, 0.5) is 5.69 Å². The highest BCUT2D eigenvalue weighted by Gasteiger charge is 2.11. The molecule has 1 aromatic heterocycles. The van der Waals surface area contributed by atoms with Crippen LogP contribution >= 0.6 is 11.3 Å². The van der Waals surface area contributed by atoms with Gasteiger partial charge in [0.1, 0.15) is 0 Å². The van der Waals surface area contributed by atoms with Crippen LogP contribution in [0, 0.1) is 12.8 Å². The number of nitrogens with zero attached hydrogens (tertiary/aromatic N) is 1. The Labute approximate surface area is 131 Å². The SMILES string of the molecule is Cc1nc(-c2ccc(NCC3CCCCCC3)cc2)cs1. The summed E-state index contributed by atoms with van der Waals surface area (Å²) in [6.45, 7) is 3.17. The molecule has 21 heavy (non-hydrogen) atoms. The summed E-state index contributed by atoms with van der Waals surface area (Å²) >= 11 is 1.71. The van der Waals surface area contributed by atoms with Gasteiger partial charge in [0.2, 0.25) is 0 Å². The number of aryl methyl sites for hydroxylation is 1. The van der Waals surface area contributed by atoms with Gasteiger partial charge in [0.05, 0.1) is 10.7 Å². The third-order valence-electron chi connectivity index (χ3n) is 4.37. The van der Waals surface area contributed by atoms with Crippen LogP contribution in [-0.2, 0) is 0 Å². The summed E-state index contributed by atoms with van der Waals surface area (Å²) in [5, 5.41) is 6.86. The number of nitrogens with one attached hydrogen (secondary N) is 1. The van der Waals surface area contributed by atoms with E-state index in [9.17, 15) is 0 Å². The summed E-state index contributed by atoms with van der Waals surface area (Å²) in [6.07, 6.45) is 8.46. The van der Waals surface area contributed by atoms with Crippen LogP contribution in [0.1, 0.15) is 43.5 Å². The van der Waals surface area contributed by atoms with Crippen LogP contribution in [0.5, 0.6) is 0 Å². The van der Waals surface area contributed by atoms with Gasteiger partial charge in [-0.05, 0) is 37.8 Å². The summed E-state index contributed by atoms with van der Waals surface area (Å²) in [4.78, 5) is 4.54. The van der Waals surface area contributed by atoms with E-state index < -0.39 is 0 Å². The molecule has 2 nitrogen and oxygen atoms in total. The van der Waals surface area contributed by atoms with Gasteiger partial charge in [-0.2, -0.15) is 0 Å². The number of hydrogen-bond acceptors (Lipinski definition) is 3. The van der Waals surface area contributed by atoms with Crippen molar-refractivity contribution in [3.05, 3.63) is 34.7 Å². The Morgan fingerprint density at radius 3 is 2.43 bits per heavy atom. The molecule has 1 aromatic carbocycles. The van der Waals surface area contributed by atoms with Crippen LogP contribution < -0.4 is 5.32 Å². The van der Waals surface area contributed by atoms with Crippen molar-refractivity contribution in [1.82, 2.24) is 4.98 Å². The van der Waals surface area contributed by atoms with Crippen LogP contribution in [0.3, 0.4) is 0 Å². The van der Waals surface area contributed by atoms with E-state index in [0.717, 1.165) is 23.2 Å². The second kappa shape index (κ2) is 7.08. The molecule has 0 unspecified atom stereocenters. The van der Waals surface area contributed by atoms with E-state index in [-0.39, 0.29) is 0 Å². The van der Waals surface area contributed by atoms with Gasteiger partial charge < -0.3 is 5.32 Å². The van der Waals surface area contributed by atoms with Crippen molar-refractivity contribution >= 4 is 17.0 Å². The molecule has 0 atom stereocenters. The highest BCUT2D eigenvalue weighted by atomic mass is 32.1. The summed E-state index contributed by atoms with van der Waals surface area (Å²) in [7, 11) is 0. The maximum absolute atomic E-state index is 4.54. The van der Waals surface area contributed by atoms with Crippen LogP contribution in [0.2, 0.25) is 0 Å². The van der Waals surface area contributed by atoms with Gasteiger partial charge in [-0.1, -0.05) is 37.8 Å². The largest absolute Gasteiger partial charge is 0.385 e. The van der Waals surface area contributed by atoms with Gasteiger partial charge in [-0.25, -0.2) is 4.98 Å². The molecule has 2 aromatic rings. The van der Waals surface area contributed by atoms with E-state index in [1.807, 2.05) is 0 Å². The van der Waals surface area contributed by atoms with Gasteiger partial charge in [0.15, 0.2) is 0 Å². The second-order valence-corrected chi connectivity index (χ2v) is 7.13.